The molecule has 1 atom stereocenters. The number of phenols is 1. The molecule has 0 saturated carbocycles. The van der Waals surface area contributed by atoms with E-state index in [4.69, 9.17) is 4.74 Å². The molecule has 0 bridgehead atoms. The van der Waals surface area contributed by atoms with E-state index in [0.717, 1.165) is 12.0 Å². The van der Waals surface area contributed by atoms with Crippen molar-refractivity contribution < 1.29 is 14.6 Å². The summed E-state index contributed by atoms with van der Waals surface area (Å²) in [6.45, 7) is 5.07. The Morgan fingerprint density at radius 2 is 2.05 bits per heavy atom. The van der Waals surface area contributed by atoms with E-state index < -0.39 is 0 Å². The van der Waals surface area contributed by atoms with Gasteiger partial charge in [-0.25, -0.2) is 0 Å². The Labute approximate surface area is 115 Å². The lowest BCUT2D eigenvalue weighted by Gasteiger charge is -2.26. The molecule has 4 nitrogen and oxygen atoms in total. The zero-order chi connectivity index (χ0) is 14.3. The van der Waals surface area contributed by atoms with Crippen LogP contribution in [-0.2, 0) is 9.53 Å². The summed E-state index contributed by atoms with van der Waals surface area (Å²) in [5, 5.41) is 9.79. The van der Waals surface area contributed by atoms with Crippen LogP contribution in [0.15, 0.2) is 24.3 Å². The normalized spacial score (nSPS) is 12.2. The highest BCUT2D eigenvalue weighted by atomic mass is 16.5. The zero-order valence-electron chi connectivity index (χ0n) is 11.9. The van der Waals surface area contributed by atoms with Crippen molar-refractivity contribution >= 4 is 5.91 Å². The van der Waals surface area contributed by atoms with Crippen LogP contribution in [0.5, 0.6) is 5.75 Å². The second-order valence-electron chi connectivity index (χ2n) is 4.60. The molecule has 0 saturated heterocycles. The molecule has 1 N–H and O–H groups in total. The Kier molecular flexibility index (Phi) is 6.36. The molecule has 4 heteroatoms. The summed E-state index contributed by atoms with van der Waals surface area (Å²) < 4.78 is 5.32. The summed E-state index contributed by atoms with van der Waals surface area (Å²) in [4.78, 5) is 13.6. The van der Waals surface area contributed by atoms with Gasteiger partial charge in [0.15, 0.2) is 0 Å². The number of nitrogens with zero attached hydrogens (tertiary/aromatic N) is 1. The molecule has 106 valence electrons. The van der Waals surface area contributed by atoms with E-state index >= 15 is 0 Å². The van der Waals surface area contributed by atoms with Crippen LogP contribution < -0.4 is 0 Å². The van der Waals surface area contributed by atoms with E-state index in [-0.39, 0.29) is 17.7 Å². The van der Waals surface area contributed by atoms with Gasteiger partial charge in [-0.05, 0) is 19.4 Å². The smallest absolute Gasteiger partial charge is 0.225 e. The number of benzene rings is 1. The van der Waals surface area contributed by atoms with Gasteiger partial charge in [0.2, 0.25) is 5.91 Å². The van der Waals surface area contributed by atoms with Crippen LogP contribution >= 0.6 is 0 Å². The van der Waals surface area contributed by atoms with Crippen molar-refractivity contribution in [3.63, 3.8) is 0 Å². The van der Waals surface area contributed by atoms with Gasteiger partial charge in [-0.1, -0.05) is 25.1 Å². The number of phenolic OH excluding ortho intramolecular Hbond substituents is 1. The average molecular weight is 265 g/mol. The highest BCUT2D eigenvalue weighted by molar-refractivity contribution is 5.76. The van der Waals surface area contributed by atoms with E-state index in [9.17, 15) is 9.90 Å². The van der Waals surface area contributed by atoms with Crippen LogP contribution in [0.1, 0.15) is 38.3 Å². The molecule has 0 fully saturated rings. The van der Waals surface area contributed by atoms with Crippen LogP contribution in [0.25, 0.3) is 0 Å². The number of aromatic hydroxyl groups is 1. The van der Waals surface area contributed by atoms with E-state index in [2.05, 4.69) is 0 Å². The lowest BCUT2D eigenvalue weighted by molar-refractivity contribution is -0.133. The fourth-order valence-electron chi connectivity index (χ4n) is 1.85. The SMILES string of the molecule is CCCOCCC(=O)N(C)C(C)c1ccccc1O. The number of amides is 1. The Bertz CT molecular complexity index is 406. The molecule has 1 unspecified atom stereocenters. The first kappa shape index (κ1) is 15.5. The van der Waals surface area contributed by atoms with Crippen LogP contribution in [-0.4, -0.2) is 36.2 Å². The number of hydrogen-bond acceptors (Lipinski definition) is 3. The van der Waals surface area contributed by atoms with Crippen LogP contribution in [0.3, 0.4) is 0 Å². The maximum absolute atomic E-state index is 12.0. The number of para-hydroxylation sites is 1. The zero-order valence-corrected chi connectivity index (χ0v) is 11.9. The summed E-state index contributed by atoms with van der Waals surface area (Å²) in [6.07, 6.45) is 1.33. The molecular weight excluding hydrogens is 242 g/mol. The second kappa shape index (κ2) is 7.79. The van der Waals surface area contributed by atoms with E-state index in [0.29, 0.717) is 19.6 Å². The van der Waals surface area contributed by atoms with Crippen molar-refractivity contribution in [1.29, 1.82) is 0 Å². The predicted molar refractivity (Wildman–Crippen MR) is 75.0 cm³/mol. The largest absolute Gasteiger partial charge is 0.508 e. The lowest BCUT2D eigenvalue weighted by atomic mass is 10.1. The standard InChI is InChI=1S/C15H23NO3/c1-4-10-19-11-9-15(18)16(3)12(2)13-7-5-6-8-14(13)17/h5-8,12,17H,4,9-11H2,1-3H3. The Morgan fingerprint density at radius 3 is 2.68 bits per heavy atom. The average Bonchev–Trinajstić information content (AvgIpc) is 2.42. The molecular formula is C15H23NO3. The Hall–Kier alpha value is -1.55. The molecule has 0 aliphatic rings. The van der Waals surface area contributed by atoms with Gasteiger partial charge in [-0.3, -0.25) is 4.79 Å². The molecule has 0 heterocycles. The first-order chi connectivity index (χ1) is 9.07. The van der Waals surface area contributed by atoms with Crippen molar-refractivity contribution in [1.82, 2.24) is 4.90 Å². The van der Waals surface area contributed by atoms with Crippen LogP contribution in [0.4, 0.5) is 0 Å². The van der Waals surface area contributed by atoms with E-state index in [1.807, 2.05) is 26.0 Å². The fourth-order valence-corrected chi connectivity index (χ4v) is 1.85. The maximum Gasteiger partial charge on any atom is 0.225 e. The van der Waals surface area contributed by atoms with Crippen molar-refractivity contribution in [2.75, 3.05) is 20.3 Å². The molecule has 0 aliphatic carbocycles. The third-order valence-corrected chi connectivity index (χ3v) is 3.17. The summed E-state index contributed by atoms with van der Waals surface area (Å²) in [5.41, 5.74) is 0.757. The topological polar surface area (TPSA) is 49.8 Å². The van der Waals surface area contributed by atoms with Crippen LogP contribution in [0.2, 0.25) is 0 Å². The Balaban J connectivity index is 2.54. The number of hydrogen-bond donors (Lipinski definition) is 1. The highest BCUT2D eigenvalue weighted by Crippen LogP contribution is 2.27. The summed E-state index contributed by atoms with van der Waals surface area (Å²) in [7, 11) is 1.75. The van der Waals surface area contributed by atoms with Gasteiger partial charge in [-0.15, -0.1) is 0 Å². The molecule has 0 aliphatic heterocycles. The molecule has 0 spiro atoms. The van der Waals surface area contributed by atoms with Gasteiger partial charge in [0.05, 0.1) is 19.1 Å². The molecule has 1 aromatic carbocycles. The van der Waals surface area contributed by atoms with E-state index in [1.165, 1.54) is 0 Å². The number of carbonyl (C=O) groups excluding carboxylic acids is 1. The fraction of sp³-hybridized carbons (Fsp3) is 0.533. The lowest BCUT2D eigenvalue weighted by Crippen LogP contribution is -2.30. The van der Waals surface area contributed by atoms with Crippen molar-refractivity contribution in [2.45, 2.75) is 32.7 Å². The van der Waals surface area contributed by atoms with E-state index in [1.54, 1.807) is 24.1 Å². The van der Waals surface area contributed by atoms with Gasteiger partial charge in [-0.2, -0.15) is 0 Å². The minimum absolute atomic E-state index is 0.0202. The number of ether oxygens (including phenoxy) is 1. The van der Waals surface area contributed by atoms with Crippen molar-refractivity contribution in [3.05, 3.63) is 29.8 Å². The first-order valence-corrected chi connectivity index (χ1v) is 6.69. The van der Waals surface area contributed by atoms with Gasteiger partial charge < -0.3 is 14.7 Å². The third-order valence-electron chi connectivity index (χ3n) is 3.17. The molecule has 19 heavy (non-hydrogen) atoms. The maximum atomic E-state index is 12.0. The van der Waals surface area contributed by atoms with Crippen LogP contribution in [0, 0.1) is 0 Å². The minimum atomic E-state index is -0.153. The quantitative estimate of drug-likeness (QED) is 0.771. The Morgan fingerprint density at radius 1 is 1.37 bits per heavy atom. The summed E-state index contributed by atoms with van der Waals surface area (Å²) in [5.74, 6) is 0.240. The molecule has 1 aromatic rings. The van der Waals surface area contributed by atoms with Gasteiger partial charge in [0.25, 0.3) is 0 Å². The predicted octanol–water partition coefficient (Wildman–Crippen LogP) is 2.73. The first-order valence-electron chi connectivity index (χ1n) is 6.69. The second-order valence-corrected chi connectivity index (χ2v) is 4.60. The molecule has 0 radical (unpaired) electrons. The molecule has 1 amide bonds. The monoisotopic (exact) mass is 265 g/mol. The number of rotatable bonds is 7. The minimum Gasteiger partial charge on any atom is -0.508 e. The summed E-state index contributed by atoms with van der Waals surface area (Å²) >= 11 is 0. The number of carbonyl (C=O) groups is 1. The van der Waals surface area contributed by atoms with Crippen molar-refractivity contribution in [2.24, 2.45) is 0 Å². The third kappa shape index (κ3) is 4.56. The summed E-state index contributed by atoms with van der Waals surface area (Å²) in [6, 6.07) is 6.94. The van der Waals surface area contributed by atoms with Crippen molar-refractivity contribution in [3.8, 4) is 5.75 Å². The van der Waals surface area contributed by atoms with Gasteiger partial charge in [0.1, 0.15) is 5.75 Å². The van der Waals surface area contributed by atoms with Gasteiger partial charge in [0, 0.05) is 19.2 Å². The molecule has 0 aromatic heterocycles. The highest BCUT2D eigenvalue weighted by Gasteiger charge is 2.19. The molecule has 1 rings (SSSR count). The van der Waals surface area contributed by atoms with Gasteiger partial charge >= 0.3 is 0 Å².